The zero-order valence-electron chi connectivity index (χ0n) is 15.6. The zero-order valence-corrected chi connectivity index (χ0v) is 16.4. The maximum Gasteiger partial charge on any atom is 0.226 e. The molecule has 0 aliphatic rings. The molecule has 0 radical (unpaired) electrons. The molecule has 2 aromatic heterocycles. The summed E-state index contributed by atoms with van der Waals surface area (Å²) in [6.07, 6.45) is 0.966. The van der Waals surface area contributed by atoms with Crippen LogP contribution in [0.5, 0.6) is 0 Å². The van der Waals surface area contributed by atoms with Crippen LogP contribution in [0.25, 0.3) is 0 Å². The fourth-order valence-electron chi connectivity index (χ4n) is 2.87. The first-order valence-corrected chi connectivity index (χ1v) is 9.62. The van der Waals surface area contributed by atoms with Crippen LogP contribution >= 0.6 is 11.8 Å². The van der Waals surface area contributed by atoms with E-state index in [4.69, 9.17) is 4.42 Å². The highest BCUT2D eigenvalue weighted by molar-refractivity contribution is 7.98. The van der Waals surface area contributed by atoms with Gasteiger partial charge in [-0.05, 0) is 26.1 Å². The summed E-state index contributed by atoms with van der Waals surface area (Å²) < 4.78 is 7.66. The number of thioether (sulfide) groups is 1. The molecule has 2 heterocycles. The average Bonchev–Trinajstić information content (AvgIpc) is 3.21. The quantitative estimate of drug-likeness (QED) is 0.562. The van der Waals surface area contributed by atoms with Crippen molar-refractivity contribution < 1.29 is 4.42 Å². The van der Waals surface area contributed by atoms with Gasteiger partial charge in [-0.3, -0.25) is 4.90 Å². The molecular formula is C18H24N6OS. The topological polar surface area (TPSA) is 72.9 Å². The molecule has 8 heteroatoms. The van der Waals surface area contributed by atoms with Crippen LogP contribution in [-0.4, -0.2) is 44.0 Å². The number of aryl methyl sites for hydroxylation is 1. The molecule has 7 nitrogen and oxygen atoms in total. The fourth-order valence-corrected chi connectivity index (χ4v) is 3.65. The average molecular weight is 372 g/mol. The predicted octanol–water partition coefficient (Wildman–Crippen LogP) is 3.32. The van der Waals surface area contributed by atoms with E-state index < -0.39 is 0 Å². The Morgan fingerprint density at radius 2 is 1.88 bits per heavy atom. The Hall–Kier alpha value is -2.19. The lowest BCUT2D eigenvalue weighted by Crippen LogP contribution is -2.23. The van der Waals surface area contributed by atoms with Crippen molar-refractivity contribution in [1.29, 1.82) is 0 Å². The van der Waals surface area contributed by atoms with Gasteiger partial charge in [0.15, 0.2) is 11.0 Å². The summed E-state index contributed by atoms with van der Waals surface area (Å²) in [6.45, 7) is 4.69. The smallest absolute Gasteiger partial charge is 0.226 e. The van der Waals surface area contributed by atoms with Crippen molar-refractivity contribution in [2.75, 3.05) is 14.1 Å². The molecule has 0 saturated heterocycles. The minimum absolute atomic E-state index is 0.214. The number of benzene rings is 1. The summed E-state index contributed by atoms with van der Waals surface area (Å²) in [6, 6.07) is 10.6. The fraction of sp³-hybridized carbons (Fsp3) is 0.444. The molecule has 3 aromatic rings. The summed E-state index contributed by atoms with van der Waals surface area (Å²) in [5.74, 6) is 2.73. The molecule has 0 aliphatic heterocycles. The van der Waals surface area contributed by atoms with Gasteiger partial charge >= 0.3 is 0 Å². The minimum atomic E-state index is 0.214. The van der Waals surface area contributed by atoms with Gasteiger partial charge in [0.2, 0.25) is 11.8 Å². The van der Waals surface area contributed by atoms with E-state index >= 15 is 0 Å². The van der Waals surface area contributed by atoms with Gasteiger partial charge in [-0.15, -0.1) is 20.4 Å². The van der Waals surface area contributed by atoms with Crippen molar-refractivity contribution in [3.63, 3.8) is 0 Å². The lowest BCUT2D eigenvalue weighted by molar-refractivity contribution is 0.272. The van der Waals surface area contributed by atoms with Crippen molar-refractivity contribution in [3.05, 3.63) is 53.5 Å². The Labute approximate surface area is 157 Å². The van der Waals surface area contributed by atoms with E-state index in [1.807, 2.05) is 6.07 Å². The molecule has 0 bridgehead atoms. The highest BCUT2D eigenvalue weighted by atomic mass is 32.2. The van der Waals surface area contributed by atoms with E-state index in [0.717, 1.165) is 23.9 Å². The molecule has 138 valence electrons. The van der Waals surface area contributed by atoms with Crippen molar-refractivity contribution in [3.8, 4) is 0 Å². The molecule has 0 saturated carbocycles. The minimum Gasteiger partial charge on any atom is -0.425 e. The molecule has 0 amide bonds. The summed E-state index contributed by atoms with van der Waals surface area (Å²) in [5.41, 5.74) is 1.22. The first kappa shape index (κ1) is 18.6. The molecule has 0 N–H and O–H groups in total. The van der Waals surface area contributed by atoms with Crippen molar-refractivity contribution in [1.82, 2.24) is 29.9 Å². The summed E-state index contributed by atoms with van der Waals surface area (Å²) >= 11 is 1.57. The number of nitrogens with zero attached hydrogens (tertiary/aromatic N) is 6. The van der Waals surface area contributed by atoms with E-state index in [0.29, 0.717) is 17.5 Å². The molecule has 1 aromatic carbocycles. The maximum atomic E-state index is 5.47. The zero-order chi connectivity index (χ0) is 18.5. The van der Waals surface area contributed by atoms with Gasteiger partial charge in [0.05, 0.1) is 18.3 Å². The van der Waals surface area contributed by atoms with Gasteiger partial charge in [0.1, 0.15) is 0 Å². The number of aromatic nitrogens is 5. The van der Waals surface area contributed by atoms with E-state index in [2.05, 4.69) is 75.1 Å². The van der Waals surface area contributed by atoms with Crippen molar-refractivity contribution in [2.24, 2.45) is 0 Å². The highest BCUT2D eigenvalue weighted by Crippen LogP contribution is 2.27. The Balaban J connectivity index is 1.88. The summed E-state index contributed by atoms with van der Waals surface area (Å²) in [7, 11) is 4.15. The van der Waals surface area contributed by atoms with Gasteiger partial charge in [0.25, 0.3) is 0 Å². The SMILES string of the molecule is CC[C@H](c1nnc(SCc2nnc(C)o2)n1Cc1ccccc1)N(C)C. The second-order valence-electron chi connectivity index (χ2n) is 6.30. The van der Waals surface area contributed by atoms with Crippen molar-refractivity contribution in [2.45, 2.75) is 43.8 Å². The Bertz CT molecular complexity index is 829. The molecule has 1 atom stereocenters. The van der Waals surface area contributed by atoms with Crippen LogP contribution in [0.15, 0.2) is 39.9 Å². The largest absolute Gasteiger partial charge is 0.425 e. The normalized spacial score (nSPS) is 12.7. The van der Waals surface area contributed by atoms with E-state index in [1.165, 1.54) is 5.56 Å². The molecule has 26 heavy (non-hydrogen) atoms. The molecule has 0 fully saturated rings. The third-order valence-corrected chi connectivity index (χ3v) is 5.08. The van der Waals surface area contributed by atoms with Gasteiger partial charge in [-0.1, -0.05) is 49.0 Å². The highest BCUT2D eigenvalue weighted by Gasteiger charge is 2.22. The Morgan fingerprint density at radius 3 is 2.50 bits per heavy atom. The predicted molar refractivity (Wildman–Crippen MR) is 101 cm³/mol. The third kappa shape index (κ3) is 4.31. The first-order chi connectivity index (χ1) is 12.6. The standard InChI is InChI=1S/C18H24N6OS/c1-5-15(23(3)4)17-21-22-18(26-12-16-20-19-13(2)25-16)24(17)11-14-9-7-6-8-10-14/h6-10,15H,5,11-12H2,1-4H3/t15-/m1/s1. The van der Waals surface area contributed by atoms with Gasteiger partial charge in [-0.25, -0.2) is 0 Å². The maximum absolute atomic E-state index is 5.47. The van der Waals surface area contributed by atoms with Gasteiger partial charge in [0, 0.05) is 6.92 Å². The van der Waals surface area contributed by atoms with Crippen LogP contribution in [0, 0.1) is 6.92 Å². The summed E-state index contributed by atoms with van der Waals surface area (Å²) in [4.78, 5) is 2.18. The van der Waals surface area contributed by atoms with Crippen LogP contribution in [0.4, 0.5) is 0 Å². The molecule has 0 unspecified atom stereocenters. The number of hydrogen-bond acceptors (Lipinski definition) is 7. The van der Waals surface area contributed by atoms with Crippen LogP contribution in [-0.2, 0) is 12.3 Å². The summed E-state index contributed by atoms with van der Waals surface area (Å²) in [5, 5.41) is 17.7. The molecule has 3 rings (SSSR count). The number of hydrogen-bond donors (Lipinski definition) is 0. The third-order valence-electron chi connectivity index (χ3n) is 4.13. The van der Waals surface area contributed by atoms with E-state index in [-0.39, 0.29) is 6.04 Å². The first-order valence-electron chi connectivity index (χ1n) is 8.63. The van der Waals surface area contributed by atoms with Gasteiger partial charge in [-0.2, -0.15) is 0 Å². The molecule has 0 spiro atoms. The molecule has 0 aliphatic carbocycles. The lowest BCUT2D eigenvalue weighted by atomic mass is 10.2. The second kappa shape index (κ2) is 8.46. The van der Waals surface area contributed by atoms with Gasteiger partial charge < -0.3 is 8.98 Å². The van der Waals surface area contributed by atoms with Crippen LogP contribution in [0.3, 0.4) is 0 Å². The number of rotatable bonds is 8. The van der Waals surface area contributed by atoms with Crippen LogP contribution in [0.2, 0.25) is 0 Å². The molecular weight excluding hydrogens is 348 g/mol. The van der Waals surface area contributed by atoms with Crippen molar-refractivity contribution >= 4 is 11.8 Å². The Kier molecular flexibility index (Phi) is 6.05. The Morgan fingerprint density at radius 1 is 1.12 bits per heavy atom. The van der Waals surface area contributed by atoms with E-state index in [1.54, 1.807) is 18.7 Å². The van der Waals surface area contributed by atoms with E-state index in [9.17, 15) is 0 Å². The monoisotopic (exact) mass is 372 g/mol. The van der Waals surface area contributed by atoms with Crippen LogP contribution < -0.4 is 0 Å². The lowest BCUT2D eigenvalue weighted by Gasteiger charge is -2.23. The van der Waals surface area contributed by atoms with Crippen LogP contribution in [0.1, 0.15) is 42.6 Å². The second-order valence-corrected chi connectivity index (χ2v) is 7.25.